The van der Waals surface area contributed by atoms with E-state index in [1.165, 1.54) is 0 Å². The van der Waals surface area contributed by atoms with E-state index in [1.54, 1.807) is 0 Å². The van der Waals surface area contributed by atoms with Gasteiger partial charge in [-0.2, -0.15) is 12.6 Å². The van der Waals surface area contributed by atoms with Crippen LogP contribution in [-0.4, -0.2) is 12.0 Å². The fourth-order valence-electron chi connectivity index (χ4n) is 1.40. The Labute approximate surface area is 107 Å². The van der Waals surface area contributed by atoms with Gasteiger partial charge in [0.2, 0.25) is 6.29 Å². The number of hydrogen-bond acceptors (Lipinski definition) is 3. The molecule has 0 radical (unpaired) electrons. The smallest absolute Gasteiger partial charge is 0.249 e. The molecule has 0 aliphatic rings. The van der Waals surface area contributed by atoms with Crippen molar-refractivity contribution in [3.8, 4) is 11.5 Å². The summed E-state index contributed by atoms with van der Waals surface area (Å²) in [4.78, 5) is 0. The maximum absolute atomic E-state index is 5.67. The predicted octanol–water partition coefficient (Wildman–Crippen LogP) is 3.40. The molecule has 0 unspecified atom stereocenters. The first kappa shape index (κ1) is 11.9. The number of ether oxygens (including phenoxy) is 2. The highest BCUT2D eigenvalue weighted by atomic mass is 32.1. The van der Waals surface area contributed by atoms with Crippen LogP contribution in [0.5, 0.6) is 11.5 Å². The lowest BCUT2D eigenvalue weighted by atomic mass is 10.3. The largest absolute Gasteiger partial charge is 0.454 e. The molecule has 0 saturated carbocycles. The lowest BCUT2D eigenvalue weighted by Crippen LogP contribution is -2.25. The average Bonchev–Trinajstić information content (AvgIpc) is 2.40. The molecular formula is C14H14O2S. The van der Waals surface area contributed by atoms with Crippen LogP contribution >= 0.6 is 12.6 Å². The van der Waals surface area contributed by atoms with E-state index in [0.717, 1.165) is 11.5 Å². The maximum Gasteiger partial charge on any atom is 0.249 e. The molecule has 2 rings (SSSR count). The Hall–Kier alpha value is -1.61. The monoisotopic (exact) mass is 246 g/mol. The zero-order valence-corrected chi connectivity index (χ0v) is 10.2. The minimum atomic E-state index is -0.386. The van der Waals surface area contributed by atoms with Gasteiger partial charge in [-0.3, -0.25) is 0 Å². The Morgan fingerprint density at radius 2 is 1.18 bits per heavy atom. The van der Waals surface area contributed by atoms with Gasteiger partial charge in [0.1, 0.15) is 11.5 Å². The topological polar surface area (TPSA) is 18.5 Å². The van der Waals surface area contributed by atoms with Crippen molar-refractivity contribution in [1.82, 2.24) is 0 Å². The Balaban J connectivity index is 1.98. The molecule has 0 fully saturated rings. The first-order valence-electron chi connectivity index (χ1n) is 5.43. The predicted molar refractivity (Wildman–Crippen MR) is 71.8 cm³/mol. The highest BCUT2D eigenvalue weighted by Crippen LogP contribution is 2.16. The van der Waals surface area contributed by atoms with Gasteiger partial charge in [-0.05, 0) is 24.3 Å². The second-order valence-corrected chi connectivity index (χ2v) is 3.84. The van der Waals surface area contributed by atoms with Gasteiger partial charge in [-0.25, -0.2) is 0 Å². The molecule has 0 bridgehead atoms. The lowest BCUT2D eigenvalue weighted by Gasteiger charge is -2.18. The third kappa shape index (κ3) is 3.71. The quantitative estimate of drug-likeness (QED) is 0.644. The van der Waals surface area contributed by atoms with E-state index in [1.807, 2.05) is 60.7 Å². The Morgan fingerprint density at radius 3 is 1.53 bits per heavy atom. The molecular weight excluding hydrogens is 232 g/mol. The van der Waals surface area contributed by atoms with Crippen LogP contribution in [0.1, 0.15) is 0 Å². The summed E-state index contributed by atoms with van der Waals surface area (Å²) in [5.74, 6) is 2.05. The van der Waals surface area contributed by atoms with E-state index in [2.05, 4.69) is 12.6 Å². The summed E-state index contributed by atoms with van der Waals surface area (Å²) >= 11 is 4.23. The summed E-state index contributed by atoms with van der Waals surface area (Å²) in [6.07, 6.45) is -0.386. The van der Waals surface area contributed by atoms with E-state index >= 15 is 0 Å². The van der Waals surface area contributed by atoms with Crippen molar-refractivity contribution in [3.05, 3.63) is 60.7 Å². The summed E-state index contributed by atoms with van der Waals surface area (Å²) in [6.45, 7) is 0. The number of benzene rings is 2. The molecule has 0 saturated heterocycles. The molecule has 2 aromatic carbocycles. The Kier molecular flexibility index (Phi) is 4.33. The number of thiol groups is 1. The van der Waals surface area contributed by atoms with Crippen molar-refractivity contribution in [2.75, 3.05) is 5.75 Å². The fourth-order valence-corrected chi connectivity index (χ4v) is 1.55. The van der Waals surface area contributed by atoms with Crippen LogP contribution in [0.25, 0.3) is 0 Å². The van der Waals surface area contributed by atoms with Gasteiger partial charge in [0.25, 0.3) is 0 Å². The number of para-hydroxylation sites is 2. The van der Waals surface area contributed by atoms with Gasteiger partial charge in [0, 0.05) is 0 Å². The van der Waals surface area contributed by atoms with E-state index in [-0.39, 0.29) is 6.29 Å². The SMILES string of the molecule is SCC(Oc1ccccc1)Oc1ccccc1. The van der Waals surface area contributed by atoms with Gasteiger partial charge < -0.3 is 9.47 Å². The second-order valence-electron chi connectivity index (χ2n) is 3.47. The molecule has 0 amide bonds. The first-order chi connectivity index (χ1) is 8.38. The minimum Gasteiger partial charge on any atom is -0.454 e. The van der Waals surface area contributed by atoms with Crippen LogP contribution in [0.4, 0.5) is 0 Å². The van der Waals surface area contributed by atoms with Crippen molar-refractivity contribution in [2.24, 2.45) is 0 Å². The summed E-state index contributed by atoms with van der Waals surface area (Å²) < 4.78 is 11.3. The van der Waals surface area contributed by atoms with Gasteiger partial charge in [0.15, 0.2) is 0 Å². The van der Waals surface area contributed by atoms with E-state index in [9.17, 15) is 0 Å². The van der Waals surface area contributed by atoms with Gasteiger partial charge in [-0.1, -0.05) is 36.4 Å². The second kappa shape index (κ2) is 6.21. The van der Waals surface area contributed by atoms with Crippen molar-refractivity contribution >= 4 is 12.6 Å². The van der Waals surface area contributed by atoms with Crippen molar-refractivity contribution < 1.29 is 9.47 Å². The first-order valence-corrected chi connectivity index (χ1v) is 6.06. The van der Waals surface area contributed by atoms with Crippen LogP contribution in [0.2, 0.25) is 0 Å². The van der Waals surface area contributed by atoms with Gasteiger partial charge in [0.05, 0.1) is 5.75 Å². The number of hydrogen-bond donors (Lipinski definition) is 1. The summed E-state index contributed by atoms with van der Waals surface area (Å²) in [6, 6.07) is 19.2. The third-order valence-electron chi connectivity index (χ3n) is 2.17. The standard InChI is InChI=1S/C14H14O2S/c17-11-14(15-12-7-3-1-4-8-12)16-13-9-5-2-6-10-13/h1-10,14,17H,11H2. The van der Waals surface area contributed by atoms with Gasteiger partial charge in [-0.15, -0.1) is 0 Å². The molecule has 0 N–H and O–H groups in total. The van der Waals surface area contributed by atoms with E-state index in [0.29, 0.717) is 5.75 Å². The molecule has 0 aliphatic carbocycles. The fraction of sp³-hybridized carbons (Fsp3) is 0.143. The zero-order valence-electron chi connectivity index (χ0n) is 9.32. The lowest BCUT2D eigenvalue weighted by molar-refractivity contribution is 0.0267. The summed E-state index contributed by atoms with van der Waals surface area (Å²) in [5.41, 5.74) is 0. The van der Waals surface area contributed by atoms with E-state index < -0.39 is 0 Å². The number of rotatable bonds is 5. The van der Waals surface area contributed by atoms with Crippen LogP contribution in [0.15, 0.2) is 60.7 Å². The molecule has 0 heterocycles. The Morgan fingerprint density at radius 1 is 0.765 bits per heavy atom. The molecule has 2 nitrogen and oxygen atoms in total. The van der Waals surface area contributed by atoms with Crippen LogP contribution in [0, 0.1) is 0 Å². The van der Waals surface area contributed by atoms with Crippen LogP contribution in [-0.2, 0) is 0 Å². The van der Waals surface area contributed by atoms with Crippen molar-refractivity contribution in [3.63, 3.8) is 0 Å². The molecule has 3 heteroatoms. The average molecular weight is 246 g/mol. The summed E-state index contributed by atoms with van der Waals surface area (Å²) in [7, 11) is 0. The molecule has 88 valence electrons. The third-order valence-corrected chi connectivity index (χ3v) is 2.47. The van der Waals surface area contributed by atoms with Gasteiger partial charge >= 0.3 is 0 Å². The molecule has 2 aromatic rings. The molecule has 0 aromatic heterocycles. The zero-order chi connectivity index (χ0) is 11.9. The van der Waals surface area contributed by atoms with E-state index in [4.69, 9.17) is 9.47 Å². The minimum absolute atomic E-state index is 0.386. The molecule has 0 spiro atoms. The molecule has 0 atom stereocenters. The highest BCUT2D eigenvalue weighted by molar-refractivity contribution is 7.80. The summed E-state index contributed by atoms with van der Waals surface area (Å²) in [5, 5.41) is 0. The van der Waals surface area contributed by atoms with Crippen molar-refractivity contribution in [2.45, 2.75) is 6.29 Å². The highest BCUT2D eigenvalue weighted by Gasteiger charge is 2.09. The van der Waals surface area contributed by atoms with Crippen LogP contribution < -0.4 is 9.47 Å². The normalized spacial score (nSPS) is 10.2. The molecule has 0 aliphatic heterocycles. The maximum atomic E-state index is 5.67. The van der Waals surface area contributed by atoms with Crippen molar-refractivity contribution in [1.29, 1.82) is 0 Å². The van der Waals surface area contributed by atoms with Crippen LogP contribution in [0.3, 0.4) is 0 Å². The Bertz CT molecular complexity index is 389. The molecule has 17 heavy (non-hydrogen) atoms.